The normalized spacial score (nSPS) is 19.9. The second-order valence-electron chi connectivity index (χ2n) is 6.62. The molecular weight excluding hydrogens is 276 g/mol. The SMILES string of the molecule is Cc1cc(C)c(CNC(=O)N2CCC[C@@H]([C@H](C)O)C2)c(C)c1. The first-order chi connectivity index (χ1) is 10.4. The maximum Gasteiger partial charge on any atom is 0.317 e. The number of nitrogens with zero attached hydrogens (tertiary/aromatic N) is 1. The number of benzene rings is 1. The molecule has 4 nitrogen and oxygen atoms in total. The molecule has 0 saturated carbocycles. The summed E-state index contributed by atoms with van der Waals surface area (Å²) >= 11 is 0. The van der Waals surface area contributed by atoms with Crippen LogP contribution in [0.2, 0.25) is 0 Å². The molecule has 1 fully saturated rings. The molecule has 22 heavy (non-hydrogen) atoms. The molecule has 2 rings (SSSR count). The lowest BCUT2D eigenvalue weighted by Crippen LogP contribution is -2.47. The first-order valence-corrected chi connectivity index (χ1v) is 8.16. The van der Waals surface area contributed by atoms with Crippen molar-refractivity contribution in [2.24, 2.45) is 5.92 Å². The molecule has 0 spiro atoms. The number of aliphatic hydroxyl groups is 1. The quantitative estimate of drug-likeness (QED) is 0.902. The predicted octanol–water partition coefficient (Wildman–Crippen LogP) is 2.91. The largest absolute Gasteiger partial charge is 0.393 e. The minimum atomic E-state index is -0.350. The molecule has 0 unspecified atom stereocenters. The number of rotatable bonds is 3. The maximum atomic E-state index is 12.4. The molecule has 0 aliphatic carbocycles. The first-order valence-electron chi connectivity index (χ1n) is 8.16. The van der Waals surface area contributed by atoms with Crippen molar-refractivity contribution in [2.75, 3.05) is 13.1 Å². The van der Waals surface area contributed by atoms with E-state index in [0.717, 1.165) is 19.4 Å². The Morgan fingerprint density at radius 2 is 2.00 bits per heavy atom. The number of carbonyl (C=O) groups excluding carboxylic acids is 1. The molecule has 2 atom stereocenters. The van der Waals surface area contributed by atoms with Gasteiger partial charge in [-0.25, -0.2) is 4.79 Å². The predicted molar refractivity (Wildman–Crippen MR) is 88.9 cm³/mol. The van der Waals surface area contributed by atoms with E-state index in [2.05, 4.69) is 38.2 Å². The van der Waals surface area contributed by atoms with Crippen LogP contribution in [-0.2, 0) is 6.54 Å². The molecule has 122 valence electrons. The summed E-state index contributed by atoms with van der Waals surface area (Å²) in [6.45, 7) is 10.1. The van der Waals surface area contributed by atoms with Gasteiger partial charge in [0, 0.05) is 25.6 Å². The molecule has 1 saturated heterocycles. The van der Waals surface area contributed by atoms with Crippen molar-refractivity contribution >= 4 is 6.03 Å². The lowest BCUT2D eigenvalue weighted by atomic mass is 9.94. The topological polar surface area (TPSA) is 52.6 Å². The minimum absolute atomic E-state index is 0.0234. The molecule has 1 aromatic rings. The van der Waals surface area contributed by atoms with Crippen molar-refractivity contribution < 1.29 is 9.90 Å². The Morgan fingerprint density at radius 1 is 1.36 bits per heavy atom. The van der Waals surface area contributed by atoms with E-state index in [1.165, 1.54) is 22.3 Å². The van der Waals surface area contributed by atoms with Crippen LogP contribution in [0.5, 0.6) is 0 Å². The summed E-state index contributed by atoms with van der Waals surface area (Å²) in [4.78, 5) is 14.2. The average molecular weight is 304 g/mol. The first kappa shape index (κ1) is 16.8. The minimum Gasteiger partial charge on any atom is -0.393 e. The molecule has 0 radical (unpaired) electrons. The molecule has 4 heteroatoms. The molecule has 1 aliphatic heterocycles. The van der Waals surface area contributed by atoms with Crippen molar-refractivity contribution in [3.05, 3.63) is 34.4 Å². The number of amides is 2. The van der Waals surface area contributed by atoms with Gasteiger partial charge < -0.3 is 15.3 Å². The summed E-state index contributed by atoms with van der Waals surface area (Å²) in [5.74, 6) is 0.197. The monoisotopic (exact) mass is 304 g/mol. The van der Waals surface area contributed by atoms with Crippen molar-refractivity contribution in [1.82, 2.24) is 10.2 Å². The molecule has 1 aromatic carbocycles. The van der Waals surface area contributed by atoms with Crippen LogP contribution >= 0.6 is 0 Å². The van der Waals surface area contributed by atoms with Crippen LogP contribution in [0.4, 0.5) is 4.79 Å². The van der Waals surface area contributed by atoms with E-state index in [4.69, 9.17) is 0 Å². The number of carbonyl (C=O) groups is 1. The van der Waals surface area contributed by atoms with Crippen LogP contribution in [0.25, 0.3) is 0 Å². The lowest BCUT2D eigenvalue weighted by Gasteiger charge is -2.34. The Kier molecular flexibility index (Phi) is 5.46. The number of nitrogens with one attached hydrogen (secondary N) is 1. The third-order valence-electron chi connectivity index (χ3n) is 4.68. The van der Waals surface area contributed by atoms with E-state index in [-0.39, 0.29) is 18.1 Å². The summed E-state index contributed by atoms with van der Waals surface area (Å²) in [5.41, 5.74) is 4.89. The van der Waals surface area contributed by atoms with Gasteiger partial charge in [0.1, 0.15) is 0 Å². The number of hydrogen-bond acceptors (Lipinski definition) is 2. The van der Waals surface area contributed by atoms with Gasteiger partial charge in [-0.2, -0.15) is 0 Å². The highest BCUT2D eigenvalue weighted by Gasteiger charge is 2.26. The number of urea groups is 1. The summed E-state index contributed by atoms with van der Waals surface area (Å²) in [6.07, 6.45) is 1.61. The number of piperidine rings is 1. The molecule has 0 bridgehead atoms. The van der Waals surface area contributed by atoms with E-state index in [9.17, 15) is 9.90 Å². The van der Waals surface area contributed by atoms with Gasteiger partial charge in [-0.15, -0.1) is 0 Å². The van der Waals surface area contributed by atoms with Crippen LogP contribution in [0.3, 0.4) is 0 Å². The van der Waals surface area contributed by atoms with E-state index in [1.807, 2.05) is 11.8 Å². The fourth-order valence-corrected chi connectivity index (χ4v) is 3.35. The third kappa shape index (κ3) is 4.01. The zero-order valence-corrected chi connectivity index (χ0v) is 14.1. The highest BCUT2D eigenvalue weighted by atomic mass is 16.3. The van der Waals surface area contributed by atoms with Crippen molar-refractivity contribution in [3.8, 4) is 0 Å². The Balaban J connectivity index is 1.95. The van der Waals surface area contributed by atoms with Gasteiger partial charge in [0.05, 0.1) is 6.10 Å². The Labute approximate surface area is 133 Å². The summed E-state index contributed by atoms with van der Waals surface area (Å²) in [6, 6.07) is 4.28. The molecule has 1 aliphatic rings. The van der Waals surface area contributed by atoms with Crippen LogP contribution < -0.4 is 5.32 Å². The smallest absolute Gasteiger partial charge is 0.317 e. The van der Waals surface area contributed by atoms with E-state index >= 15 is 0 Å². The Bertz CT molecular complexity index is 517. The number of hydrogen-bond donors (Lipinski definition) is 2. The summed E-state index contributed by atoms with van der Waals surface area (Å²) in [7, 11) is 0. The van der Waals surface area contributed by atoms with Crippen molar-refractivity contribution in [2.45, 2.75) is 53.2 Å². The zero-order valence-electron chi connectivity index (χ0n) is 14.1. The Hall–Kier alpha value is -1.55. The Morgan fingerprint density at radius 3 is 2.59 bits per heavy atom. The molecule has 1 heterocycles. The fraction of sp³-hybridized carbons (Fsp3) is 0.611. The maximum absolute atomic E-state index is 12.4. The van der Waals surface area contributed by atoms with Crippen LogP contribution in [0.15, 0.2) is 12.1 Å². The second-order valence-corrected chi connectivity index (χ2v) is 6.62. The van der Waals surface area contributed by atoms with E-state index in [0.29, 0.717) is 13.1 Å². The van der Waals surface area contributed by atoms with Gasteiger partial charge in [0.2, 0.25) is 0 Å². The van der Waals surface area contributed by atoms with Gasteiger partial charge in [0.25, 0.3) is 0 Å². The average Bonchev–Trinajstić information content (AvgIpc) is 2.46. The highest BCUT2D eigenvalue weighted by Crippen LogP contribution is 2.20. The third-order valence-corrected chi connectivity index (χ3v) is 4.68. The lowest BCUT2D eigenvalue weighted by molar-refractivity contribution is 0.0738. The second kappa shape index (κ2) is 7.14. The molecule has 2 N–H and O–H groups in total. The van der Waals surface area contributed by atoms with Gasteiger partial charge in [0.15, 0.2) is 0 Å². The number of aryl methyl sites for hydroxylation is 3. The fourth-order valence-electron chi connectivity index (χ4n) is 3.35. The standard InChI is InChI=1S/C18H28N2O2/c1-12-8-13(2)17(14(3)9-12)10-19-18(22)20-7-5-6-16(11-20)15(4)21/h8-9,15-16,21H,5-7,10-11H2,1-4H3,(H,19,22)/t15-,16+/m0/s1. The zero-order chi connectivity index (χ0) is 16.3. The van der Waals surface area contributed by atoms with E-state index in [1.54, 1.807) is 0 Å². The molecular formula is C18H28N2O2. The summed E-state index contributed by atoms with van der Waals surface area (Å²) in [5, 5.41) is 12.8. The number of aliphatic hydroxyl groups excluding tert-OH is 1. The van der Waals surface area contributed by atoms with Crippen molar-refractivity contribution in [1.29, 1.82) is 0 Å². The van der Waals surface area contributed by atoms with E-state index < -0.39 is 0 Å². The van der Waals surface area contributed by atoms with Crippen molar-refractivity contribution in [3.63, 3.8) is 0 Å². The number of likely N-dealkylation sites (tertiary alicyclic amines) is 1. The van der Waals surface area contributed by atoms with Gasteiger partial charge >= 0.3 is 6.03 Å². The summed E-state index contributed by atoms with van der Waals surface area (Å²) < 4.78 is 0. The molecule has 2 amide bonds. The van der Waals surface area contributed by atoms with Crippen LogP contribution in [-0.4, -0.2) is 35.2 Å². The highest BCUT2D eigenvalue weighted by molar-refractivity contribution is 5.74. The molecule has 0 aromatic heterocycles. The van der Waals surface area contributed by atoms with Crippen LogP contribution in [0, 0.1) is 26.7 Å². The van der Waals surface area contributed by atoms with Gasteiger partial charge in [-0.1, -0.05) is 17.7 Å². The van der Waals surface area contributed by atoms with Crippen LogP contribution in [0.1, 0.15) is 42.0 Å². The van der Waals surface area contributed by atoms with Gasteiger partial charge in [-0.05, 0) is 57.2 Å². The van der Waals surface area contributed by atoms with Gasteiger partial charge in [-0.3, -0.25) is 0 Å².